The Bertz CT molecular complexity index is 204. The first-order valence-corrected chi connectivity index (χ1v) is 4.65. The molecule has 0 aliphatic carbocycles. The van der Waals surface area contributed by atoms with Crippen LogP contribution in [0, 0.1) is 0 Å². The summed E-state index contributed by atoms with van der Waals surface area (Å²) in [6.07, 6.45) is -0.00632. The third-order valence-corrected chi connectivity index (χ3v) is 1.84. The molecule has 1 amide bonds. The third-order valence-electron chi connectivity index (χ3n) is 1.84. The van der Waals surface area contributed by atoms with Gasteiger partial charge < -0.3 is 15.3 Å². The lowest BCUT2D eigenvalue weighted by molar-refractivity contribution is -0.138. The topological polar surface area (TPSA) is 69.6 Å². The fourth-order valence-electron chi connectivity index (χ4n) is 1.14. The highest BCUT2D eigenvalue weighted by Crippen LogP contribution is 2.00. The molecule has 5 nitrogen and oxygen atoms in total. The molecule has 2 N–H and O–H groups in total. The van der Waals surface area contributed by atoms with Crippen molar-refractivity contribution in [3.63, 3.8) is 0 Å². The van der Waals surface area contributed by atoms with Crippen LogP contribution in [-0.2, 0) is 9.59 Å². The van der Waals surface area contributed by atoms with Gasteiger partial charge in [-0.25, -0.2) is 0 Å². The number of likely N-dealkylation sites (N-methyl/N-ethyl adjacent to an activating group) is 1. The first-order valence-electron chi connectivity index (χ1n) is 4.65. The van der Waals surface area contributed by atoms with Crippen LogP contribution in [-0.4, -0.2) is 48.1 Å². The van der Waals surface area contributed by atoms with Crippen molar-refractivity contribution in [2.45, 2.75) is 26.3 Å². The highest BCUT2D eigenvalue weighted by Gasteiger charge is 2.16. The quantitative estimate of drug-likeness (QED) is 0.632. The van der Waals surface area contributed by atoms with Crippen LogP contribution >= 0.6 is 0 Å². The molecule has 0 saturated heterocycles. The van der Waals surface area contributed by atoms with E-state index in [9.17, 15) is 9.59 Å². The second-order valence-corrected chi connectivity index (χ2v) is 3.35. The number of rotatable bonds is 6. The molecular formula is C9H18N2O3. The average Bonchev–Trinajstić information content (AvgIpc) is 2.03. The predicted molar refractivity (Wildman–Crippen MR) is 53.0 cm³/mol. The van der Waals surface area contributed by atoms with Crippen LogP contribution in [0.4, 0.5) is 0 Å². The Morgan fingerprint density at radius 2 is 2.00 bits per heavy atom. The molecule has 0 spiro atoms. The lowest BCUT2D eigenvalue weighted by Gasteiger charge is -2.26. The summed E-state index contributed by atoms with van der Waals surface area (Å²) in [5.41, 5.74) is 0. The SMILES string of the molecule is CNCC(=O)N(CCC(=O)O)C(C)C. The molecule has 0 aliphatic rings. The number of nitrogens with one attached hydrogen (secondary N) is 1. The minimum Gasteiger partial charge on any atom is -0.481 e. The molecule has 0 rings (SSSR count). The van der Waals surface area contributed by atoms with Gasteiger partial charge in [-0.3, -0.25) is 9.59 Å². The zero-order valence-corrected chi connectivity index (χ0v) is 8.91. The maximum atomic E-state index is 11.5. The van der Waals surface area contributed by atoms with E-state index in [0.29, 0.717) is 0 Å². The molecule has 0 aromatic rings. The fraction of sp³-hybridized carbons (Fsp3) is 0.778. The molecule has 5 heteroatoms. The van der Waals surface area contributed by atoms with Gasteiger partial charge in [0, 0.05) is 12.6 Å². The van der Waals surface area contributed by atoms with E-state index in [0.717, 1.165) is 0 Å². The van der Waals surface area contributed by atoms with Crippen molar-refractivity contribution in [1.82, 2.24) is 10.2 Å². The highest BCUT2D eigenvalue weighted by atomic mass is 16.4. The van der Waals surface area contributed by atoms with E-state index in [1.54, 1.807) is 11.9 Å². The second-order valence-electron chi connectivity index (χ2n) is 3.35. The van der Waals surface area contributed by atoms with Gasteiger partial charge in [0.05, 0.1) is 13.0 Å². The van der Waals surface area contributed by atoms with Gasteiger partial charge in [0.1, 0.15) is 0 Å². The lowest BCUT2D eigenvalue weighted by Crippen LogP contribution is -2.42. The van der Waals surface area contributed by atoms with E-state index < -0.39 is 5.97 Å². The van der Waals surface area contributed by atoms with E-state index >= 15 is 0 Å². The molecule has 0 aromatic heterocycles. The standard InChI is InChI=1S/C9H18N2O3/c1-7(2)11(5-4-9(13)14)8(12)6-10-3/h7,10H,4-6H2,1-3H3,(H,13,14). The average molecular weight is 202 g/mol. The monoisotopic (exact) mass is 202 g/mol. The summed E-state index contributed by atoms with van der Waals surface area (Å²) in [5, 5.41) is 11.3. The number of aliphatic carboxylic acids is 1. The Hall–Kier alpha value is -1.10. The first-order chi connectivity index (χ1) is 6.49. The highest BCUT2D eigenvalue weighted by molar-refractivity contribution is 5.79. The number of hydrogen-bond acceptors (Lipinski definition) is 3. The number of carbonyl (C=O) groups excluding carboxylic acids is 1. The van der Waals surface area contributed by atoms with Crippen LogP contribution in [0.25, 0.3) is 0 Å². The number of hydrogen-bond donors (Lipinski definition) is 2. The van der Waals surface area contributed by atoms with Gasteiger partial charge in [-0.05, 0) is 20.9 Å². The summed E-state index contributed by atoms with van der Waals surface area (Å²) >= 11 is 0. The third kappa shape index (κ3) is 4.81. The lowest BCUT2D eigenvalue weighted by atomic mass is 10.2. The van der Waals surface area contributed by atoms with Crippen LogP contribution in [0.15, 0.2) is 0 Å². The molecule has 0 unspecified atom stereocenters. The van der Waals surface area contributed by atoms with Gasteiger partial charge in [0.2, 0.25) is 5.91 Å². The molecule has 0 heterocycles. The minimum absolute atomic E-state index is 0.00632. The van der Waals surface area contributed by atoms with Crippen molar-refractivity contribution >= 4 is 11.9 Å². The molecule has 0 aliphatic heterocycles. The van der Waals surface area contributed by atoms with Crippen molar-refractivity contribution in [3.8, 4) is 0 Å². The maximum absolute atomic E-state index is 11.5. The Balaban J connectivity index is 4.14. The van der Waals surface area contributed by atoms with Crippen LogP contribution in [0.1, 0.15) is 20.3 Å². The smallest absolute Gasteiger partial charge is 0.305 e. The van der Waals surface area contributed by atoms with Gasteiger partial charge in [-0.15, -0.1) is 0 Å². The van der Waals surface area contributed by atoms with E-state index in [-0.39, 0.29) is 31.5 Å². The van der Waals surface area contributed by atoms with Gasteiger partial charge in [-0.2, -0.15) is 0 Å². The van der Waals surface area contributed by atoms with Crippen LogP contribution < -0.4 is 5.32 Å². The number of carboxylic acids is 1. The Labute approximate surface area is 84.1 Å². The number of nitrogens with zero attached hydrogens (tertiary/aromatic N) is 1. The zero-order chi connectivity index (χ0) is 11.1. The summed E-state index contributed by atoms with van der Waals surface area (Å²) in [5.74, 6) is -0.948. The van der Waals surface area contributed by atoms with Gasteiger partial charge in [0.15, 0.2) is 0 Å². The largest absolute Gasteiger partial charge is 0.481 e. The number of carboxylic acid groups (broad SMARTS) is 1. The van der Waals surface area contributed by atoms with Crippen LogP contribution in [0.3, 0.4) is 0 Å². The van der Waals surface area contributed by atoms with Crippen LogP contribution in [0.5, 0.6) is 0 Å². The van der Waals surface area contributed by atoms with Crippen molar-refractivity contribution in [2.24, 2.45) is 0 Å². The predicted octanol–water partition coefficient (Wildman–Crippen LogP) is -0.0825. The number of amides is 1. The van der Waals surface area contributed by atoms with Gasteiger partial charge >= 0.3 is 5.97 Å². The van der Waals surface area contributed by atoms with Gasteiger partial charge in [0.25, 0.3) is 0 Å². The number of carbonyl (C=O) groups is 2. The fourth-order valence-corrected chi connectivity index (χ4v) is 1.14. The van der Waals surface area contributed by atoms with E-state index in [4.69, 9.17) is 5.11 Å². The minimum atomic E-state index is -0.882. The molecule has 0 bridgehead atoms. The summed E-state index contributed by atoms with van der Waals surface area (Å²) in [6.45, 7) is 4.26. The van der Waals surface area contributed by atoms with Crippen molar-refractivity contribution < 1.29 is 14.7 Å². The molecule has 14 heavy (non-hydrogen) atoms. The van der Waals surface area contributed by atoms with Crippen LogP contribution in [0.2, 0.25) is 0 Å². The van der Waals surface area contributed by atoms with E-state index in [2.05, 4.69) is 5.32 Å². The molecule has 0 radical (unpaired) electrons. The normalized spacial score (nSPS) is 10.3. The Morgan fingerprint density at radius 1 is 1.43 bits per heavy atom. The molecule has 0 atom stereocenters. The van der Waals surface area contributed by atoms with Crippen molar-refractivity contribution in [3.05, 3.63) is 0 Å². The Morgan fingerprint density at radius 3 is 2.36 bits per heavy atom. The molecule has 0 aromatic carbocycles. The summed E-state index contributed by atoms with van der Waals surface area (Å²) in [7, 11) is 1.69. The summed E-state index contributed by atoms with van der Waals surface area (Å²) < 4.78 is 0. The molecule has 0 fully saturated rings. The van der Waals surface area contributed by atoms with Crippen molar-refractivity contribution in [1.29, 1.82) is 0 Å². The second kappa shape index (κ2) is 6.37. The molecule has 0 saturated carbocycles. The summed E-state index contributed by atoms with van der Waals surface area (Å²) in [6, 6.07) is 0.0372. The van der Waals surface area contributed by atoms with Gasteiger partial charge in [-0.1, -0.05) is 0 Å². The van der Waals surface area contributed by atoms with E-state index in [1.807, 2.05) is 13.8 Å². The maximum Gasteiger partial charge on any atom is 0.305 e. The zero-order valence-electron chi connectivity index (χ0n) is 8.91. The first kappa shape index (κ1) is 12.9. The molecule has 82 valence electrons. The van der Waals surface area contributed by atoms with E-state index in [1.165, 1.54) is 0 Å². The van der Waals surface area contributed by atoms with Crippen molar-refractivity contribution in [2.75, 3.05) is 20.1 Å². The molecular weight excluding hydrogens is 184 g/mol. The Kier molecular flexibility index (Phi) is 5.87. The summed E-state index contributed by atoms with van der Waals surface area (Å²) in [4.78, 5) is 23.4.